The van der Waals surface area contributed by atoms with Gasteiger partial charge in [-0.15, -0.1) is 0 Å². The van der Waals surface area contributed by atoms with Gasteiger partial charge in [-0.2, -0.15) is 0 Å². The van der Waals surface area contributed by atoms with E-state index in [0.717, 1.165) is 6.42 Å². The lowest BCUT2D eigenvalue weighted by Crippen LogP contribution is -2.62. The van der Waals surface area contributed by atoms with Gasteiger partial charge in [0, 0.05) is 13.7 Å². The molecule has 1 aliphatic rings. The Hall–Kier alpha value is -0.320. The second kappa shape index (κ2) is 20.8. The maximum absolute atomic E-state index is 10.00. The fraction of sp³-hybridized carbons (Fsp3) is 1.00. The molecule has 8 nitrogen and oxygen atoms in total. The molecule has 5 N–H and O–H groups in total. The molecule has 1 aliphatic heterocycles. The van der Waals surface area contributed by atoms with Crippen LogP contribution < -0.4 is 5.73 Å². The van der Waals surface area contributed by atoms with Crippen LogP contribution in [0.4, 0.5) is 0 Å². The number of ether oxygens (including phenoxy) is 4. The van der Waals surface area contributed by atoms with Crippen LogP contribution in [-0.2, 0) is 18.9 Å². The van der Waals surface area contributed by atoms with Crippen LogP contribution in [0.2, 0.25) is 0 Å². The molecule has 0 aromatic carbocycles. The molecule has 0 radical (unpaired) electrons. The summed E-state index contributed by atoms with van der Waals surface area (Å²) < 4.78 is 22.2. The van der Waals surface area contributed by atoms with E-state index < -0.39 is 37.3 Å². The van der Waals surface area contributed by atoms with Gasteiger partial charge in [0.25, 0.3) is 0 Å². The number of hydrogen-bond donors (Lipinski definition) is 4. The predicted molar refractivity (Wildman–Crippen MR) is 134 cm³/mol. The van der Waals surface area contributed by atoms with Crippen LogP contribution in [0, 0.1) is 0 Å². The highest BCUT2D eigenvalue weighted by Crippen LogP contribution is 2.21. The van der Waals surface area contributed by atoms with E-state index in [1.165, 1.54) is 83.5 Å². The second-order valence-corrected chi connectivity index (χ2v) is 9.65. The Labute approximate surface area is 207 Å². The van der Waals surface area contributed by atoms with Crippen molar-refractivity contribution in [2.24, 2.45) is 5.73 Å². The first-order valence-electron chi connectivity index (χ1n) is 13.6. The minimum atomic E-state index is -1.24. The van der Waals surface area contributed by atoms with Crippen LogP contribution in [-0.4, -0.2) is 85.6 Å². The van der Waals surface area contributed by atoms with Crippen LogP contribution in [0.25, 0.3) is 0 Å². The zero-order valence-corrected chi connectivity index (χ0v) is 21.7. The van der Waals surface area contributed by atoms with Gasteiger partial charge in [-0.1, -0.05) is 90.4 Å². The largest absolute Gasteiger partial charge is 0.394 e. The van der Waals surface area contributed by atoms with E-state index in [1.54, 1.807) is 7.11 Å². The highest BCUT2D eigenvalue weighted by atomic mass is 16.7. The van der Waals surface area contributed by atoms with Gasteiger partial charge < -0.3 is 40.0 Å². The van der Waals surface area contributed by atoms with Gasteiger partial charge in [-0.05, 0) is 6.42 Å². The molecule has 0 saturated carbocycles. The molecule has 204 valence electrons. The minimum absolute atomic E-state index is 0.175. The molecular weight excluding hydrogens is 438 g/mol. The molecule has 0 spiro atoms. The Kier molecular flexibility index (Phi) is 19.4. The van der Waals surface area contributed by atoms with Crippen LogP contribution in [0.5, 0.6) is 0 Å². The molecule has 1 rings (SSSR count). The topological polar surface area (TPSA) is 124 Å². The van der Waals surface area contributed by atoms with E-state index in [9.17, 15) is 15.3 Å². The van der Waals surface area contributed by atoms with Crippen LogP contribution in [0.3, 0.4) is 0 Å². The van der Waals surface area contributed by atoms with Gasteiger partial charge in [0.05, 0.1) is 25.9 Å². The molecular formula is C26H53NO7. The molecule has 8 heteroatoms. The van der Waals surface area contributed by atoms with Gasteiger partial charge >= 0.3 is 0 Å². The minimum Gasteiger partial charge on any atom is -0.394 e. The smallest absolute Gasteiger partial charge is 0.175 e. The van der Waals surface area contributed by atoms with E-state index in [0.29, 0.717) is 13.2 Å². The van der Waals surface area contributed by atoms with Crippen molar-refractivity contribution >= 4 is 0 Å². The summed E-state index contributed by atoms with van der Waals surface area (Å²) in [4.78, 5) is 0. The summed E-state index contributed by atoms with van der Waals surface area (Å²) in [5.74, 6) is 0. The molecule has 0 aromatic heterocycles. The van der Waals surface area contributed by atoms with Crippen molar-refractivity contribution in [3.8, 4) is 0 Å². The Balaban J connectivity index is 1.97. The summed E-state index contributed by atoms with van der Waals surface area (Å²) in [6.45, 7) is 3.10. The van der Waals surface area contributed by atoms with Crippen molar-refractivity contribution in [2.75, 3.05) is 33.5 Å². The van der Waals surface area contributed by atoms with Crippen molar-refractivity contribution in [1.82, 2.24) is 0 Å². The number of nitrogens with two attached hydrogens (primary N) is 1. The van der Waals surface area contributed by atoms with Crippen LogP contribution >= 0.6 is 0 Å². The maximum atomic E-state index is 10.00. The summed E-state index contributed by atoms with van der Waals surface area (Å²) in [5.41, 5.74) is 5.88. The lowest BCUT2D eigenvalue weighted by molar-refractivity contribution is -0.271. The number of unbranched alkanes of at least 4 members (excludes halogenated alkanes) is 13. The molecule has 0 aromatic rings. The molecule has 0 aliphatic carbocycles. The first-order valence-corrected chi connectivity index (χ1v) is 13.6. The third kappa shape index (κ3) is 13.7. The lowest BCUT2D eigenvalue weighted by atomic mass is 9.98. The summed E-state index contributed by atoms with van der Waals surface area (Å²) in [6, 6.07) is -0.910. The number of aliphatic hydroxyl groups excluding tert-OH is 3. The summed E-state index contributed by atoms with van der Waals surface area (Å²) in [7, 11) is 1.58. The van der Waals surface area contributed by atoms with E-state index >= 15 is 0 Å². The number of aliphatic hydroxyl groups is 3. The predicted octanol–water partition coefficient (Wildman–Crippen LogP) is 3.28. The first kappa shape index (κ1) is 31.7. The molecule has 0 unspecified atom stereocenters. The summed E-state index contributed by atoms with van der Waals surface area (Å²) in [6.07, 6.45) is 14.0. The quantitative estimate of drug-likeness (QED) is 0.170. The second-order valence-electron chi connectivity index (χ2n) is 9.65. The van der Waals surface area contributed by atoms with Gasteiger partial charge in [0.2, 0.25) is 0 Å². The Morgan fingerprint density at radius 1 is 0.794 bits per heavy atom. The first-order chi connectivity index (χ1) is 16.5. The molecule has 1 heterocycles. The number of rotatable bonds is 22. The fourth-order valence-corrected chi connectivity index (χ4v) is 4.25. The molecule has 0 amide bonds. The van der Waals surface area contributed by atoms with Crippen molar-refractivity contribution < 1.29 is 34.3 Å². The standard InChI is InChI=1S/C26H53NO7/c1-3-4-5-6-7-8-9-10-11-12-13-14-15-16-17-32-19-21(31-2)20-33-26-23(27)25(30)24(29)22(18-28)34-26/h21-26,28-30H,3-20,27H2,1-2H3/t21-,22-,23-,24+,25-,26-/m1/s1. The van der Waals surface area contributed by atoms with Gasteiger partial charge in [0.15, 0.2) is 6.29 Å². The molecule has 1 fully saturated rings. The third-order valence-electron chi connectivity index (χ3n) is 6.65. The van der Waals surface area contributed by atoms with Gasteiger partial charge in [-0.25, -0.2) is 0 Å². The Bertz CT molecular complexity index is 455. The molecule has 1 saturated heterocycles. The van der Waals surface area contributed by atoms with Crippen LogP contribution in [0.1, 0.15) is 96.8 Å². The monoisotopic (exact) mass is 491 g/mol. The molecule has 6 atom stereocenters. The van der Waals surface area contributed by atoms with E-state index in [2.05, 4.69) is 6.92 Å². The lowest BCUT2D eigenvalue weighted by Gasteiger charge is -2.40. The maximum Gasteiger partial charge on any atom is 0.175 e. The zero-order chi connectivity index (χ0) is 25.0. The Morgan fingerprint density at radius 3 is 1.82 bits per heavy atom. The van der Waals surface area contributed by atoms with Crippen molar-refractivity contribution in [2.45, 2.75) is 134 Å². The zero-order valence-electron chi connectivity index (χ0n) is 21.7. The molecule has 0 bridgehead atoms. The average molecular weight is 492 g/mol. The SMILES string of the molecule is CCCCCCCCCCCCCCCCOC[C@H](CO[C@@H]1O[C@H](CO)[C@H](O)[C@H](O)[C@H]1N)OC. The number of hydrogen-bond acceptors (Lipinski definition) is 8. The highest BCUT2D eigenvalue weighted by Gasteiger charge is 2.43. The molecule has 34 heavy (non-hydrogen) atoms. The van der Waals surface area contributed by atoms with Crippen molar-refractivity contribution in [1.29, 1.82) is 0 Å². The highest BCUT2D eigenvalue weighted by molar-refractivity contribution is 4.91. The van der Waals surface area contributed by atoms with E-state index in [1.807, 2.05) is 0 Å². The summed E-state index contributed by atoms with van der Waals surface area (Å²) >= 11 is 0. The van der Waals surface area contributed by atoms with Crippen molar-refractivity contribution in [3.63, 3.8) is 0 Å². The average Bonchev–Trinajstić information content (AvgIpc) is 2.85. The third-order valence-corrected chi connectivity index (χ3v) is 6.65. The van der Waals surface area contributed by atoms with E-state index in [-0.39, 0.29) is 12.7 Å². The van der Waals surface area contributed by atoms with Gasteiger partial charge in [0.1, 0.15) is 24.4 Å². The summed E-state index contributed by atoms with van der Waals surface area (Å²) in [5, 5.41) is 29.1. The Morgan fingerprint density at radius 2 is 1.32 bits per heavy atom. The van der Waals surface area contributed by atoms with Crippen LogP contribution in [0.15, 0.2) is 0 Å². The fourth-order valence-electron chi connectivity index (χ4n) is 4.25. The van der Waals surface area contributed by atoms with Gasteiger partial charge in [-0.3, -0.25) is 0 Å². The number of methoxy groups -OCH3 is 1. The normalized spacial score (nSPS) is 26.1. The van der Waals surface area contributed by atoms with E-state index in [4.69, 9.17) is 24.7 Å². The van der Waals surface area contributed by atoms with Crippen molar-refractivity contribution in [3.05, 3.63) is 0 Å².